The second-order valence-corrected chi connectivity index (χ2v) is 6.41. The van der Waals surface area contributed by atoms with E-state index in [0.29, 0.717) is 13.2 Å². The van der Waals surface area contributed by atoms with Crippen molar-refractivity contribution in [3.63, 3.8) is 0 Å². The number of nitrogens with zero attached hydrogens (tertiary/aromatic N) is 1. The average Bonchev–Trinajstić information content (AvgIpc) is 2.64. The summed E-state index contributed by atoms with van der Waals surface area (Å²) in [5.41, 5.74) is 3.43. The lowest BCUT2D eigenvalue weighted by atomic mass is 10.1. The van der Waals surface area contributed by atoms with Gasteiger partial charge in [0.1, 0.15) is 5.82 Å². The smallest absolute Gasteiger partial charge is 0.191 e. The number of aliphatic imine (C=N–C) groups is 1. The highest BCUT2D eigenvalue weighted by atomic mass is 19.1. The summed E-state index contributed by atoms with van der Waals surface area (Å²) in [5, 5.41) is 6.59. The predicted molar refractivity (Wildman–Crippen MR) is 105 cm³/mol. The lowest BCUT2D eigenvalue weighted by Crippen LogP contribution is -2.37. The summed E-state index contributed by atoms with van der Waals surface area (Å²) in [4.78, 5) is 4.24. The number of hydrogen-bond donors (Lipinski definition) is 2. The molecule has 0 aliphatic rings. The highest BCUT2D eigenvalue weighted by molar-refractivity contribution is 5.79. The first-order chi connectivity index (χ1) is 12.6. The molecular formula is C21H28FN3O. The van der Waals surface area contributed by atoms with Crippen molar-refractivity contribution in [1.29, 1.82) is 0 Å². The zero-order valence-corrected chi connectivity index (χ0v) is 15.8. The average molecular weight is 357 g/mol. The van der Waals surface area contributed by atoms with E-state index >= 15 is 0 Å². The molecule has 5 heteroatoms. The largest absolute Gasteiger partial charge is 0.374 e. The van der Waals surface area contributed by atoms with Crippen LogP contribution >= 0.6 is 0 Å². The second-order valence-electron chi connectivity index (χ2n) is 6.41. The van der Waals surface area contributed by atoms with Crippen molar-refractivity contribution in [2.24, 2.45) is 4.99 Å². The molecule has 2 N–H and O–H groups in total. The molecule has 2 aromatic carbocycles. The fourth-order valence-corrected chi connectivity index (χ4v) is 2.48. The lowest BCUT2D eigenvalue weighted by Gasteiger charge is -2.13. The van der Waals surface area contributed by atoms with Gasteiger partial charge in [-0.25, -0.2) is 4.39 Å². The minimum Gasteiger partial charge on any atom is -0.374 e. The van der Waals surface area contributed by atoms with E-state index in [1.54, 1.807) is 19.2 Å². The van der Waals surface area contributed by atoms with Crippen LogP contribution in [0.15, 0.2) is 53.5 Å². The Kier molecular flexibility index (Phi) is 8.09. The van der Waals surface area contributed by atoms with E-state index in [2.05, 4.69) is 33.8 Å². The molecule has 140 valence electrons. The van der Waals surface area contributed by atoms with Crippen molar-refractivity contribution in [2.45, 2.75) is 39.5 Å². The Labute approximate surface area is 155 Å². The summed E-state index contributed by atoms with van der Waals surface area (Å²) in [5.74, 6) is 0.538. The minimum atomic E-state index is -0.208. The van der Waals surface area contributed by atoms with E-state index in [1.807, 2.05) is 19.9 Å². The van der Waals surface area contributed by atoms with Crippen LogP contribution in [0.2, 0.25) is 0 Å². The van der Waals surface area contributed by atoms with E-state index in [-0.39, 0.29) is 11.9 Å². The Hall–Kier alpha value is -2.40. The number of hydrogen-bond acceptors (Lipinski definition) is 2. The Bertz CT molecular complexity index is 699. The van der Waals surface area contributed by atoms with Crippen LogP contribution in [0.4, 0.5) is 4.39 Å². The normalized spacial score (nSPS) is 11.7. The molecule has 0 aromatic heterocycles. The molecular weight excluding hydrogens is 329 g/mol. The topological polar surface area (TPSA) is 45.7 Å². The van der Waals surface area contributed by atoms with Gasteiger partial charge in [-0.3, -0.25) is 4.99 Å². The van der Waals surface area contributed by atoms with Crippen molar-refractivity contribution >= 4 is 5.96 Å². The number of rotatable bonds is 8. The van der Waals surface area contributed by atoms with Crippen LogP contribution in [0.3, 0.4) is 0 Å². The first kappa shape index (κ1) is 19.9. The monoisotopic (exact) mass is 357 g/mol. The fourth-order valence-electron chi connectivity index (χ4n) is 2.48. The van der Waals surface area contributed by atoms with Gasteiger partial charge in [-0.05, 0) is 49.1 Å². The summed E-state index contributed by atoms with van der Waals surface area (Å²) >= 11 is 0. The van der Waals surface area contributed by atoms with Crippen LogP contribution in [0.5, 0.6) is 0 Å². The van der Waals surface area contributed by atoms with E-state index in [9.17, 15) is 4.39 Å². The zero-order valence-electron chi connectivity index (χ0n) is 15.8. The van der Waals surface area contributed by atoms with Crippen molar-refractivity contribution in [1.82, 2.24) is 10.6 Å². The Morgan fingerprint density at radius 2 is 1.77 bits per heavy atom. The molecule has 26 heavy (non-hydrogen) atoms. The third-order valence-electron chi connectivity index (χ3n) is 3.88. The van der Waals surface area contributed by atoms with Crippen LogP contribution in [-0.2, 0) is 24.3 Å². The number of nitrogens with one attached hydrogen (secondary N) is 2. The molecule has 2 aromatic rings. The summed E-state index contributed by atoms with van der Waals surface area (Å²) in [7, 11) is 1.75. The van der Waals surface area contributed by atoms with Crippen LogP contribution in [-0.4, -0.2) is 25.7 Å². The molecule has 0 aliphatic heterocycles. The molecule has 0 spiro atoms. The molecule has 0 saturated carbocycles. The van der Waals surface area contributed by atoms with Gasteiger partial charge in [0, 0.05) is 20.1 Å². The fraction of sp³-hybridized carbons (Fsp3) is 0.381. The third-order valence-corrected chi connectivity index (χ3v) is 3.88. The van der Waals surface area contributed by atoms with Gasteiger partial charge in [0.2, 0.25) is 0 Å². The van der Waals surface area contributed by atoms with Gasteiger partial charge in [0.15, 0.2) is 5.96 Å². The number of ether oxygens (including phenoxy) is 1. The summed E-state index contributed by atoms with van der Waals surface area (Å²) in [6.45, 7) is 6.11. The zero-order chi connectivity index (χ0) is 18.8. The summed E-state index contributed by atoms with van der Waals surface area (Å²) in [6, 6.07) is 14.9. The molecule has 0 atom stereocenters. The summed E-state index contributed by atoms with van der Waals surface area (Å²) < 4.78 is 18.6. The Morgan fingerprint density at radius 1 is 1.04 bits per heavy atom. The Morgan fingerprint density at radius 3 is 2.46 bits per heavy atom. The first-order valence-electron chi connectivity index (χ1n) is 8.95. The molecule has 0 aliphatic carbocycles. The molecule has 0 fully saturated rings. The molecule has 0 amide bonds. The third kappa shape index (κ3) is 7.23. The molecule has 0 unspecified atom stereocenters. The van der Waals surface area contributed by atoms with Crippen molar-refractivity contribution in [2.75, 3.05) is 13.6 Å². The van der Waals surface area contributed by atoms with Gasteiger partial charge in [-0.15, -0.1) is 0 Å². The molecule has 4 nitrogen and oxygen atoms in total. The molecule has 0 saturated heterocycles. The van der Waals surface area contributed by atoms with E-state index in [1.165, 1.54) is 17.7 Å². The van der Waals surface area contributed by atoms with Crippen LogP contribution in [0, 0.1) is 5.82 Å². The van der Waals surface area contributed by atoms with Gasteiger partial charge in [-0.2, -0.15) is 0 Å². The molecule has 0 bridgehead atoms. The highest BCUT2D eigenvalue weighted by Gasteiger charge is 2.02. The number of benzene rings is 2. The van der Waals surface area contributed by atoms with E-state index in [4.69, 9.17) is 4.74 Å². The van der Waals surface area contributed by atoms with Gasteiger partial charge < -0.3 is 15.4 Å². The maximum atomic E-state index is 12.9. The number of halogens is 1. The van der Waals surface area contributed by atoms with Crippen LogP contribution < -0.4 is 10.6 Å². The minimum absolute atomic E-state index is 0.208. The van der Waals surface area contributed by atoms with Crippen LogP contribution in [0.1, 0.15) is 30.5 Å². The Balaban J connectivity index is 1.77. The maximum Gasteiger partial charge on any atom is 0.191 e. The van der Waals surface area contributed by atoms with E-state index in [0.717, 1.165) is 30.1 Å². The predicted octanol–water partition coefficient (Wildman–Crippen LogP) is 3.66. The van der Waals surface area contributed by atoms with Crippen molar-refractivity contribution in [3.8, 4) is 0 Å². The maximum absolute atomic E-state index is 12.9. The molecule has 2 rings (SSSR count). The van der Waals surface area contributed by atoms with Gasteiger partial charge in [0.05, 0.1) is 12.7 Å². The van der Waals surface area contributed by atoms with E-state index < -0.39 is 0 Å². The van der Waals surface area contributed by atoms with Gasteiger partial charge in [0.25, 0.3) is 0 Å². The van der Waals surface area contributed by atoms with Gasteiger partial charge in [-0.1, -0.05) is 36.4 Å². The molecule has 0 heterocycles. The number of guanidine groups is 1. The van der Waals surface area contributed by atoms with Crippen molar-refractivity contribution in [3.05, 3.63) is 71.0 Å². The van der Waals surface area contributed by atoms with Crippen LogP contribution in [0.25, 0.3) is 0 Å². The first-order valence-corrected chi connectivity index (χ1v) is 8.95. The highest BCUT2D eigenvalue weighted by Crippen LogP contribution is 2.08. The molecule has 0 radical (unpaired) electrons. The SMILES string of the molecule is CN=C(NCCc1ccc(F)cc1)NCc1cccc(COC(C)C)c1. The quantitative estimate of drug-likeness (QED) is 0.560. The second kappa shape index (κ2) is 10.6. The summed E-state index contributed by atoms with van der Waals surface area (Å²) in [6.07, 6.45) is 1.03. The lowest BCUT2D eigenvalue weighted by molar-refractivity contribution is 0.0657. The van der Waals surface area contributed by atoms with Crippen molar-refractivity contribution < 1.29 is 9.13 Å². The standard InChI is InChI=1S/C21H28FN3O/c1-16(2)26-15-19-6-4-5-18(13-19)14-25-21(23-3)24-12-11-17-7-9-20(22)10-8-17/h4-10,13,16H,11-12,14-15H2,1-3H3,(H2,23,24,25). The van der Waals surface area contributed by atoms with Gasteiger partial charge >= 0.3 is 0 Å².